The molecule has 0 aliphatic carbocycles. The van der Waals surface area contributed by atoms with Crippen molar-refractivity contribution in [2.24, 2.45) is 0 Å². The molecule has 2 aliphatic rings. The topological polar surface area (TPSA) is 90.9 Å². The van der Waals surface area contributed by atoms with Crippen molar-refractivity contribution in [1.82, 2.24) is 14.3 Å². The molecule has 144 valence electrons. The van der Waals surface area contributed by atoms with E-state index in [0.29, 0.717) is 37.7 Å². The van der Waals surface area contributed by atoms with Crippen LogP contribution in [0.25, 0.3) is 0 Å². The lowest BCUT2D eigenvalue weighted by Gasteiger charge is -2.21. The lowest BCUT2D eigenvalue weighted by molar-refractivity contribution is 0.171. The normalized spacial score (nSPS) is 19.9. The summed E-state index contributed by atoms with van der Waals surface area (Å²) >= 11 is 0. The van der Waals surface area contributed by atoms with Gasteiger partial charge in [0.05, 0.1) is 11.4 Å². The number of hydrogen-bond donors (Lipinski definition) is 0. The monoisotopic (exact) mass is 391 g/mol. The fraction of sp³-hybridized carbons (Fsp3) is 0.444. The van der Waals surface area contributed by atoms with Gasteiger partial charge in [0.2, 0.25) is 10.0 Å². The van der Waals surface area contributed by atoms with Crippen LogP contribution in [0.5, 0.6) is 17.5 Å². The number of rotatable bonds is 4. The lowest BCUT2D eigenvalue weighted by atomic mass is 10.3. The van der Waals surface area contributed by atoms with Crippen LogP contribution >= 0.6 is 0 Å². The molecule has 3 heterocycles. The Labute approximate surface area is 158 Å². The van der Waals surface area contributed by atoms with Gasteiger partial charge in [0, 0.05) is 24.0 Å². The number of ether oxygens (including phenoxy) is 3. The molecule has 0 N–H and O–H groups in total. The number of aryl methyl sites for hydroxylation is 2. The molecule has 1 fully saturated rings. The highest BCUT2D eigenvalue weighted by Crippen LogP contribution is 2.34. The number of aromatic nitrogens is 2. The summed E-state index contributed by atoms with van der Waals surface area (Å²) in [6.45, 7) is 5.25. The Hall–Kier alpha value is -2.39. The molecule has 0 spiro atoms. The van der Waals surface area contributed by atoms with Gasteiger partial charge < -0.3 is 14.2 Å². The van der Waals surface area contributed by atoms with Crippen LogP contribution in [0.15, 0.2) is 29.2 Å². The van der Waals surface area contributed by atoms with Gasteiger partial charge in [-0.2, -0.15) is 4.31 Å². The zero-order valence-electron chi connectivity index (χ0n) is 15.2. The molecule has 1 aromatic carbocycles. The fourth-order valence-corrected chi connectivity index (χ4v) is 4.74. The first-order valence-corrected chi connectivity index (χ1v) is 10.2. The smallest absolute Gasteiger partial charge is 0.317 e. The van der Waals surface area contributed by atoms with E-state index in [0.717, 1.165) is 11.4 Å². The average Bonchev–Trinajstić information content (AvgIpc) is 3.09. The van der Waals surface area contributed by atoms with Crippen molar-refractivity contribution < 1.29 is 22.6 Å². The van der Waals surface area contributed by atoms with E-state index in [1.54, 1.807) is 12.1 Å². The van der Waals surface area contributed by atoms with Crippen molar-refractivity contribution in [2.45, 2.75) is 31.3 Å². The minimum atomic E-state index is -3.64. The summed E-state index contributed by atoms with van der Waals surface area (Å²) in [5.74, 6) is 1.02. The first kappa shape index (κ1) is 18.0. The van der Waals surface area contributed by atoms with Crippen molar-refractivity contribution in [2.75, 3.05) is 26.3 Å². The van der Waals surface area contributed by atoms with Crippen molar-refractivity contribution in [3.8, 4) is 17.5 Å². The number of hydrogen-bond acceptors (Lipinski definition) is 7. The van der Waals surface area contributed by atoms with Crippen LogP contribution in [0.1, 0.15) is 17.8 Å². The van der Waals surface area contributed by atoms with Crippen LogP contribution in [-0.2, 0) is 10.0 Å². The molecule has 1 aromatic heterocycles. The maximum Gasteiger partial charge on any atom is 0.317 e. The third-order valence-corrected chi connectivity index (χ3v) is 6.35. The second-order valence-corrected chi connectivity index (χ2v) is 8.57. The maximum absolute atomic E-state index is 13.0. The van der Waals surface area contributed by atoms with Crippen LogP contribution in [0.3, 0.4) is 0 Å². The van der Waals surface area contributed by atoms with Gasteiger partial charge >= 0.3 is 6.01 Å². The third-order valence-electron chi connectivity index (χ3n) is 4.49. The van der Waals surface area contributed by atoms with Gasteiger partial charge in [-0.3, -0.25) is 0 Å². The van der Waals surface area contributed by atoms with E-state index in [1.165, 1.54) is 10.4 Å². The van der Waals surface area contributed by atoms with E-state index in [4.69, 9.17) is 14.2 Å². The summed E-state index contributed by atoms with van der Waals surface area (Å²) in [7, 11) is -3.64. The summed E-state index contributed by atoms with van der Waals surface area (Å²) in [4.78, 5) is 8.71. The van der Waals surface area contributed by atoms with E-state index >= 15 is 0 Å². The number of nitrogens with zero attached hydrogens (tertiary/aromatic N) is 3. The first-order chi connectivity index (χ1) is 12.9. The van der Waals surface area contributed by atoms with Gasteiger partial charge in [0.25, 0.3) is 0 Å². The summed E-state index contributed by atoms with van der Waals surface area (Å²) in [5, 5.41) is 0. The van der Waals surface area contributed by atoms with Gasteiger partial charge in [-0.1, -0.05) is 0 Å². The SMILES string of the molecule is Cc1cc(C)nc(O[C@H]2CCN(S(=O)(=O)c3ccc4c(c3)OCCO4)C2)n1. The minimum absolute atomic E-state index is 0.190. The third kappa shape index (κ3) is 3.70. The highest BCUT2D eigenvalue weighted by Gasteiger charge is 2.34. The van der Waals surface area contributed by atoms with Crippen LogP contribution in [0.4, 0.5) is 0 Å². The molecule has 0 amide bonds. The second-order valence-electron chi connectivity index (χ2n) is 6.63. The molecular weight excluding hydrogens is 370 g/mol. The number of sulfonamides is 1. The molecule has 27 heavy (non-hydrogen) atoms. The lowest BCUT2D eigenvalue weighted by Crippen LogP contribution is -2.31. The van der Waals surface area contributed by atoms with Gasteiger partial charge in [-0.15, -0.1) is 0 Å². The Bertz CT molecular complexity index is 943. The molecule has 8 nitrogen and oxygen atoms in total. The largest absolute Gasteiger partial charge is 0.486 e. The zero-order valence-corrected chi connectivity index (χ0v) is 16.0. The van der Waals surface area contributed by atoms with Crippen molar-refractivity contribution in [3.05, 3.63) is 35.7 Å². The molecule has 0 unspecified atom stereocenters. The van der Waals surface area contributed by atoms with Crippen LogP contribution in [0, 0.1) is 13.8 Å². The first-order valence-electron chi connectivity index (χ1n) is 8.80. The summed E-state index contributed by atoms with van der Waals surface area (Å²) in [6.07, 6.45) is 0.304. The van der Waals surface area contributed by atoms with Crippen LogP contribution < -0.4 is 14.2 Å². The van der Waals surface area contributed by atoms with E-state index in [1.807, 2.05) is 19.9 Å². The maximum atomic E-state index is 13.0. The van der Waals surface area contributed by atoms with E-state index < -0.39 is 10.0 Å². The molecule has 4 rings (SSSR count). The average molecular weight is 391 g/mol. The summed E-state index contributed by atoms with van der Waals surface area (Å²) in [5.41, 5.74) is 1.63. The van der Waals surface area contributed by atoms with E-state index in [-0.39, 0.29) is 23.6 Å². The van der Waals surface area contributed by atoms with Gasteiger partial charge in [-0.05, 0) is 38.5 Å². The summed E-state index contributed by atoms with van der Waals surface area (Å²) in [6, 6.07) is 6.85. The van der Waals surface area contributed by atoms with Crippen molar-refractivity contribution >= 4 is 10.0 Å². The molecule has 9 heteroatoms. The Kier molecular flexibility index (Phi) is 4.65. The Morgan fingerprint density at radius 2 is 1.78 bits per heavy atom. The number of benzene rings is 1. The van der Waals surface area contributed by atoms with E-state index in [9.17, 15) is 8.42 Å². The van der Waals surface area contributed by atoms with Gasteiger partial charge in [-0.25, -0.2) is 18.4 Å². The highest BCUT2D eigenvalue weighted by molar-refractivity contribution is 7.89. The van der Waals surface area contributed by atoms with E-state index in [2.05, 4.69) is 9.97 Å². The summed E-state index contributed by atoms with van der Waals surface area (Å²) < 4.78 is 44.1. The molecule has 0 saturated carbocycles. The zero-order chi connectivity index (χ0) is 19.0. The molecule has 0 bridgehead atoms. The quantitative estimate of drug-likeness (QED) is 0.783. The second kappa shape index (κ2) is 6.97. The molecular formula is C18H21N3O5S. The standard InChI is InChI=1S/C18H21N3O5S/c1-12-9-13(2)20-18(19-12)26-14-5-6-21(11-14)27(22,23)15-3-4-16-17(10-15)25-8-7-24-16/h3-4,9-10,14H,5-8,11H2,1-2H3/t14-/m0/s1. The minimum Gasteiger partial charge on any atom is -0.486 e. The molecule has 2 aromatic rings. The molecule has 1 atom stereocenters. The van der Waals surface area contributed by atoms with Crippen LogP contribution in [0.2, 0.25) is 0 Å². The number of fused-ring (bicyclic) bond motifs is 1. The Morgan fingerprint density at radius 3 is 2.52 bits per heavy atom. The molecule has 0 radical (unpaired) electrons. The Balaban J connectivity index is 1.49. The van der Waals surface area contributed by atoms with Crippen LogP contribution in [-0.4, -0.2) is 55.1 Å². The predicted molar refractivity (Wildman–Crippen MR) is 96.7 cm³/mol. The molecule has 1 saturated heterocycles. The van der Waals surface area contributed by atoms with Crippen molar-refractivity contribution in [1.29, 1.82) is 0 Å². The fourth-order valence-electron chi connectivity index (χ4n) is 3.24. The van der Waals surface area contributed by atoms with Gasteiger partial charge in [0.1, 0.15) is 19.3 Å². The van der Waals surface area contributed by atoms with Crippen molar-refractivity contribution in [3.63, 3.8) is 0 Å². The van der Waals surface area contributed by atoms with Gasteiger partial charge in [0.15, 0.2) is 11.5 Å². The predicted octanol–water partition coefficient (Wildman–Crippen LogP) is 1.71. The molecule has 2 aliphatic heterocycles. The highest BCUT2D eigenvalue weighted by atomic mass is 32.2. The Morgan fingerprint density at radius 1 is 1.07 bits per heavy atom.